The lowest BCUT2D eigenvalue weighted by atomic mass is 10.00. The van der Waals surface area contributed by atoms with E-state index in [1.54, 1.807) is 0 Å². The Labute approximate surface area is 362 Å². The molecule has 0 N–H and O–H groups in total. The molecule has 0 unspecified atom stereocenters. The minimum absolute atomic E-state index is 0.585. The first-order valence-corrected chi connectivity index (χ1v) is 21.1. The van der Waals surface area contributed by atoms with E-state index in [1.807, 2.05) is 42.5 Å². The van der Waals surface area contributed by atoms with Crippen LogP contribution in [0, 0.1) is 0 Å². The van der Waals surface area contributed by atoms with Crippen molar-refractivity contribution in [2.45, 2.75) is 0 Å². The van der Waals surface area contributed by atoms with Crippen LogP contribution in [0.4, 0.5) is 0 Å². The first-order chi connectivity index (χ1) is 31.2. The number of benzene rings is 9. The maximum absolute atomic E-state index is 6.46. The summed E-state index contributed by atoms with van der Waals surface area (Å²) in [6.07, 6.45) is 0. The van der Waals surface area contributed by atoms with E-state index in [9.17, 15) is 0 Å². The monoisotopic (exact) mass is 806 g/mol. The van der Waals surface area contributed by atoms with Crippen LogP contribution < -0.4 is 4.74 Å². The highest BCUT2D eigenvalue weighted by molar-refractivity contribution is 6.13. The molecule has 0 radical (unpaired) electrons. The molecular weight excluding hydrogens is 773 g/mol. The third-order valence-corrected chi connectivity index (χ3v) is 12.2. The SMILES string of the molecule is c1ccc(-c2cccc(-c3nc(-c4cccc(-c5ccccc5)c4)nc(-c4ccc5oc6ccc(-c7ccc8c(c7)c7cccc9c7n8-c7ccccc7O9)cc6c5c4)n3)c2)cc1. The number of furan rings is 1. The molecule has 13 rings (SSSR count). The second-order valence-electron chi connectivity index (χ2n) is 16.0. The number of hydrogen-bond donors (Lipinski definition) is 0. The maximum Gasteiger partial charge on any atom is 0.164 e. The predicted octanol–water partition coefficient (Wildman–Crippen LogP) is 15.0. The van der Waals surface area contributed by atoms with Crippen LogP contribution in [0.2, 0.25) is 0 Å². The summed E-state index contributed by atoms with van der Waals surface area (Å²) in [4.78, 5) is 15.5. The number of fused-ring (bicyclic) bond motifs is 8. The Hall–Kier alpha value is -8.61. The number of para-hydroxylation sites is 3. The van der Waals surface area contributed by atoms with Crippen molar-refractivity contribution in [2.75, 3.05) is 0 Å². The van der Waals surface area contributed by atoms with E-state index in [4.69, 9.17) is 24.1 Å². The quantitative estimate of drug-likeness (QED) is 0.167. The third kappa shape index (κ3) is 5.84. The first-order valence-electron chi connectivity index (χ1n) is 21.1. The molecule has 0 saturated heterocycles. The summed E-state index contributed by atoms with van der Waals surface area (Å²) < 4.78 is 15.2. The highest BCUT2D eigenvalue weighted by atomic mass is 16.5. The summed E-state index contributed by atoms with van der Waals surface area (Å²) in [7, 11) is 0. The molecule has 63 heavy (non-hydrogen) atoms. The van der Waals surface area contributed by atoms with Gasteiger partial charge in [-0.2, -0.15) is 0 Å². The van der Waals surface area contributed by atoms with Crippen LogP contribution in [0.15, 0.2) is 211 Å². The zero-order valence-electron chi connectivity index (χ0n) is 33.7. The van der Waals surface area contributed by atoms with Gasteiger partial charge in [-0.1, -0.05) is 133 Å². The van der Waals surface area contributed by atoms with Crippen LogP contribution in [0.5, 0.6) is 11.5 Å². The number of aromatic nitrogens is 4. The third-order valence-electron chi connectivity index (χ3n) is 12.2. The van der Waals surface area contributed by atoms with E-state index in [0.29, 0.717) is 17.5 Å². The summed E-state index contributed by atoms with van der Waals surface area (Å²) in [5, 5.41) is 4.35. The number of ether oxygens (including phenoxy) is 1. The molecule has 0 bridgehead atoms. The Morgan fingerprint density at radius 2 is 0.778 bits per heavy atom. The van der Waals surface area contributed by atoms with E-state index >= 15 is 0 Å². The minimum atomic E-state index is 0.585. The molecule has 0 fully saturated rings. The molecule has 6 nitrogen and oxygen atoms in total. The average molecular weight is 807 g/mol. The Bertz CT molecular complexity index is 3670. The highest BCUT2D eigenvalue weighted by Crippen LogP contribution is 2.46. The summed E-state index contributed by atoms with van der Waals surface area (Å²) >= 11 is 0. The maximum atomic E-state index is 6.46. The lowest BCUT2D eigenvalue weighted by Gasteiger charge is -2.20. The van der Waals surface area contributed by atoms with E-state index < -0.39 is 0 Å². The number of nitrogens with zero attached hydrogens (tertiary/aromatic N) is 4. The molecule has 0 amide bonds. The lowest BCUT2D eigenvalue weighted by Crippen LogP contribution is -2.03. The molecule has 0 atom stereocenters. The molecule has 6 heteroatoms. The summed E-state index contributed by atoms with van der Waals surface area (Å²) in [6, 6.07) is 71.6. The Morgan fingerprint density at radius 1 is 0.317 bits per heavy atom. The second kappa shape index (κ2) is 14.0. The van der Waals surface area contributed by atoms with E-state index in [1.165, 1.54) is 5.39 Å². The topological polar surface area (TPSA) is 66.0 Å². The van der Waals surface area contributed by atoms with Crippen molar-refractivity contribution in [2.24, 2.45) is 0 Å². The molecule has 3 aromatic heterocycles. The van der Waals surface area contributed by atoms with Crippen molar-refractivity contribution < 1.29 is 9.15 Å². The molecule has 0 aliphatic carbocycles. The van der Waals surface area contributed by atoms with Gasteiger partial charge in [0.15, 0.2) is 29.0 Å². The highest BCUT2D eigenvalue weighted by Gasteiger charge is 2.24. The Balaban J connectivity index is 0.944. The van der Waals surface area contributed by atoms with Crippen molar-refractivity contribution in [3.8, 4) is 84.7 Å². The smallest absolute Gasteiger partial charge is 0.164 e. The number of rotatable bonds is 6. The van der Waals surface area contributed by atoms with Crippen molar-refractivity contribution in [1.82, 2.24) is 19.5 Å². The fourth-order valence-electron chi connectivity index (χ4n) is 9.19. The molecule has 9 aromatic carbocycles. The van der Waals surface area contributed by atoms with Crippen molar-refractivity contribution in [3.05, 3.63) is 206 Å². The van der Waals surface area contributed by atoms with Crippen LogP contribution in [-0.4, -0.2) is 19.5 Å². The zero-order valence-corrected chi connectivity index (χ0v) is 33.7. The van der Waals surface area contributed by atoms with Gasteiger partial charge in [0.25, 0.3) is 0 Å². The fourth-order valence-corrected chi connectivity index (χ4v) is 9.19. The zero-order chi connectivity index (χ0) is 41.4. The van der Waals surface area contributed by atoms with Crippen LogP contribution in [0.25, 0.3) is 117 Å². The normalized spacial score (nSPS) is 11.9. The van der Waals surface area contributed by atoms with Gasteiger partial charge in [0.2, 0.25) is 0 Å². The molecular formula is C57H34N4O2. The van der Waals surface area contributed by atoms with Gasteiger partial charge in [0.05, 0.1) is 16.7 Å². The minimum Gasteiger partial charge on any atom is -0.456 e. The van der Waals surface area contributed by atoms with Gasteiger partial charge >= 0.3 is 0 Å². The van der Waals surface area contributed by atoms with E-state index in [0.717, 1.165) is 106 Å². The van der Waals surface area contributed by atoms with Gasteiger partial charge in [-0.05, 0) is 106 Å². The molecule has 12 aromatic rings. The standard InChI is InChI=1S/C57H34N4O2/c1-3-12-35(13-4-1)37-16-9-18-41(30-37)55-58-56(42-19-10-17-38(31-42)36-14-5-2-6-15-36)60-57(59-55)43-26-29-51-47(34-43)46-33-40(25-28-50(46)62-51)39-24-27-48-45(32-39)44-20-11-23-53-54(44)61(48)49-21-7-8-22-52(49)63-53/h1-34H. The largest absolute Gasteiger partial charge is 0.456 e. The van der Waals surface area contributed by atoms with Crippen LogP contribution in [0.1, 0.15) is 0 Å². The molecule has 4 heterocycles. The Morgan fingerprint density at radius 3 is 1.43 bits per heavy atom. The van der Waals surface area contributed by atoms with Gasteiger partial charge in [0.1, 0.15) is 11.2 Å². The van der Waals surface area contributed by atoms with Gasteiger partial charge in [0, 0.05) is 38.2 Å². The molecule has 1 aliphatic rings. The second-order valence-corrected chi connectivity index (χ2v) is 16.0. The van der Waals surface area contributed by atoms with Crippen molar-refractivity contribution in [3.63, 3.8) is 0 Å². The van der Waals surface area contributed by atoms with Gasteiger partial charge in [-0.3, -0.25) is 0 Å². The number of hydrogen-bond acceptors (Lipinski definition) is 5. The fraction of sp³-hybridized carbons (Fsp3) is 0. The molecule has 1 aliphatic heterocycles. The van der Waals surface area contributed by atoms with Crippen molar-refractivity contribution in [1.29, 1.82) is 0 Å². The summed E-state index contributed by atoms with van der Waals surface area (Å²) in [6.45, 7) is 0. The van der Waals surface area contributed by atoms with Gasteiger partial charge < -0.3 is 13.7 Å². The molecule has 0 saturated carbocycles. The summed E-state index contributed by atoms with van der Waals surface area (Å²) in [5.74, 6) is 3.51. The first kappa shape index (κ1) is 35.2. The summed E-state index contributed by atoms with van der Waals surface area (Å²) in [5.41, 5.74) is 14.3. The van der Waals surface area contributed by atoms with E-state index in [-0.39, 0.29) is 0 Å². The average Bonchev–Trinajstić information content (AvgIpc) is 3.90. The van der Waals surface area contributed by atoms with Crippen LogP contribution in [-0.2, 0) is 0 Å². The van der Waals surface area contributed by atoms with Crippen LogP contribution in [0.3, 0.4) is 0 Å². The Kier molecular flexibility index (Phi) is 7.80. The molecule has 0 spiro atoms. The van der Waals surface area contributed by atoms with Gasteiger partial charge in [-0.15, -0.1) is 0 Å². The van der Waals surface area contributed by atoms with Crippen molar-refractivity contribution >= 4 is 43.7 Å². The van der Waals surface area contributed by atoms with E-state index in [2.05, 4.69) is 168 Å². The predicted molar refractivity (Wildman–Crippen MR) is 254 cm³/mol. The van der Waals surface area contributed by atoms with Crippen LogP contribution >= 0.6 is 0 Å². The lowest BCUT2D eigenvalue weighted by molar-refractivity contribution is 0.476. The molecule has 294 valence electrons. The van der Waals surface area contributed by atoms with Gasteiger partial charge in [-0.25, -0.2) is 15.0 Å².